The Bertz CT molecular complexity index is 342. The topological polar surface area (TPSA) is 37.3 Å². The lowest BCUT2D eigenvalue weighted by Gasteiger charge is -2.16. The molecule has 0 aromatic heterocycles. The molecule has 3 heteroatoms. The van der Waals surface area contributed by atoms with Gasteiger partial charge in [-0.1, -0.05) is 30.3 Å². The van der Waals surface area contributed by atoms with E-state index in [9.17, 15) is 4.79 Å². The van der Waals surface area contributed by atoms with Gasteiger partial charge in [-0.2, -0.15) is 0 Å². The van der Waals surface area contributed by atoms with E-state index >= 15 is 0 Å². The first kappa shape index (κ1) is 14.2. The van der Waals surface area contributed by atoms with Crippen LogP contribution in [0, 0.1) is 0 Å². The Morgan fingerprint density at radius 3 is 2.47 bits per heavy atom. The van der Waals surface area contributed by atoms with Gasteiger partial charge in [-0.05, 0) is 49.7 Å². The minimum Gasteiger partial charge on any atom is -0.383 e. The van der Waals surface area contributed by atoms with Crippen molar-refractivity contribution in [2.45, 2.75) is 44.6 Å². The van der Waals surface area contributed by atoms with E-state index < -0.39 is 6.10 Å². The van der Waals surface area contributed by atoms with E-state index in [4.69, 9.17) is 16.7 Å². The second-order valence-corrected chi connectivity index (χ2v) is 4.77. The normalized spacial score (nSPS) is 24.1. The van der Waals surface area contributed by atoms with Gasteiger partial charge in [0.2, 0.25) is 0 Å². The highest BCUT2D eigenvalue weighted by atomic mass is 35.5. The Labute approximate surface area is 108 Å². The van der Waals surface area contributed by atoms with Gasteiger partial charge in [0, 0.05) is 5.03 Å². The third kappa shape index (κ3) is 4.88. The molecule has 94 valence electrons. The van der Waals surface area contributed by atoms with Crippen molar-refractivity contribution in [3.05, 3.63) is 34.9 Å². The molecule has 1 unspecified atom stereocenters. The molecule has 0 spiro atoms. The van der Waals surface area contributed by atoms with Crippen LogP contribution in [0.1, 0.15) is 38.5 Å². The zero-order valence-electron chi connectivity index (χ0n) is 9.99. The maximum Gasteiger partial charge on any atom is 0.145 e. The van der Waals surface area contributed by atoms with Crippen LogP contribution in [0.4, 0.5) is 0 Å². The van der Waals surface area contributed by atoms with Gasteiger partial charge in [0.05, 0.1) is 0 Å². The van der Waals surface area contributed by atoms with Crippen LogP contribution in [0.5, 0.6) is 0 Å². The van der Waals surface area contributed by atoms with Gasteiger partial charge in [-0.15, -0.1) is 0 Å². The molecular formula is C14H19ClO2. The molecule has 0 heterocycles. The zero-order valence-corrected chi connectivity index (χ0v) is 10.7. The van der Waals surface area contributed by atoms with E-state index in [2.05, 4.69) is 6.58 Å². The molecule has 0 fully saturated rings. The fourth-order valence-electron chi connectivity index (χ4n) is 1.81. The van der Waals surface area contributed by atoms with Crippen molar-refractivity contribution in [3.63, 3.8) is 0 Å². The van der Waals surface area contributed by atoms with Crippen LogP contribution >= 0.6 is 11.6 Å². The van der Waals surface area contributed by atoms with Crippen molar-refractivity contribution >= 4 is 17.9 Å². The number of hydrogen-bond acceptors (Lipinski definition) is 2. The second-order valence-electron chi connectivity index (χ2n) is 4.33. The average molecular weight is 255 g/mol. The molecule has 17 heavy (non-hydrogen) atoms. The molecule has 2 nitrogen and oxygen atoms in total. The van der Waals surface area contributed by atoms with Crippen molar-refractivity contribution in [1.82, 2.24) is 0 Å². The maximum atomic E-state index is 10.1. The van der Waals surface area contributed by atoms with Crippen molar-refractivity contribution in [2.75, 3.05) is 0 Å². The summed E-state index contributed by atoms with van der Waals surface area (Å²) >= 11 is 5.61. The van der Waals surface area contributed by atoms with Crippen molar-refractivity contribution in [1.29, 1.82) is 0 Å². The average Bonchev–Trinajstić information content (AvgIpc) is 2.37. The first-order valence-electron chi connectivity index (χ1n) is 6.00. The number of aldehydes is 1. The lowest BCUT2D eigenvalue weighted by Crippen LogP contribution is -2.12. The van der Waals surface area contributed by atoms with E-state index in [0.717, 1.165) is 43.1 Å². The van der Waals surface area contributed by atoms with Crippen LogP contribution in [-0.4, -0.2) is 17.5 Å². The number of aliphatic hydroxyl groups excluding tert-OH is 1. The highest BCUT2D eigenvalue weighted by Crippen LogP contribution is 2.24. The molecule has 0 radical (unpaired) electrons. The minimum atomic E-state index is -0.597. The summed E-state index contributed by atoms with van der Waals surface area (Å²) in [5.74, 6) is 0. The molecule has 2 aliphatic rings. The van der Waals surface area contributed by atoms with Crippen molar-refractivity contribution in [2.24, 2.45) is 0 Å². The number of aliphatic hydroxyl groups is 1. The number of carbonyl (C=O) groups is 1. The summed E-state index contributed by atoms with van der Waals surface area (Å²) in [7, 11) is 0. The molecule has 1 N–H and O–H groups in total. The molecule has 1 atom stereocenters. The lowest BCUT2D eigenvalue weighted by molar-refractivity contribution is -0.105. The van der Waals surface area contributed by atoms with Crippen molar-refractivity contribution in [3.8, 4) is 0 Å². The summed E-state index contributed by atoms with van der Waals surface area (Å²) in [4.78, 5) is 10.1. The van der Waals surface area contributed by atoms with Gasteiger partial charge < -0.3 is 5.11 Å². The third-order valence-electron chi connectivity index (χ3n) is 2.93. The molecule has 0 amide bonds. The third-order valence-corrected chi connectivity index (χ3v) is 3.29. The van der Waals surface area contributed by atoms with E-state index in [1.165, 1.54) is 12.8 Å². The number of carbonyl (C=O) groups excluding carboxylic acids is 1. The molecule has 0 saturated carbocycles. The van der Waals surface area contributed by atoms with Crippen molar-refractivity contribution < 1.29 is 9.90 Å². The van der Waals surface area contributed by atoms with Crippen LogP contribution in [-0.2, 0) is 4.79 Å². The smallest absolute Gasteiger partial charge is 0.145 e. The summed E-state index contributed by atoms with van der Waals surface area (Å²) in [6.45, 7) is 3.67. The molecule has 2 aliphatic carbocycles. The zero-order chi connectivity index (χ0) is 12.7. The highest BCUT2D eigenvalue weighted by molar-refractivity contribution is 6.30. The number of hydrogen-bond donors (Lipinski definition) is 1. The first-order valence-corrected chi connectivity index (χ1v) is 6.38. The van der Waals surface area contributed by atoms with Crippen LogP contribution < -0.4 is 0 Å². The maximum absolute atomic E-state index is 10.1. The summed E-state index contributed by atoms with van der Waals surface area (Å²) in [5, 5.41) is 9.67. The van der Waals surface area contributed by atoms with Crippen LogP contribution in [0.3, 0.4) is 0 Å². The number of allylic oxidation sites excluding steroid dienone is 3. The van der Waals surface area contributed by atoms with Gasteiger partial charge in [0.15, 0.2) is 0 Å². The largest absolute Gasteiger partial charge is 0.383 e. The number of halogens is 1. The fourth-order valence-corrected chi connectivity index (χ4v) is 2.07. The Hall–Kier alpha value is -0.860. The molecule has 0 bridgehead atoms. The van der Waals surface area contributed by atoms with Crippen LogP contribution in [0.15, 0.2) is 34.9 Å². The van der Waals surface area contributed by atoms with Gasteiger partial charge in [-0.3, -0.25) is 4.79 Å². The number of rotatable bonds is 1. The van der Waals surface area contributed by atoms with E-state index in [0.29, 0.717) is 5.03 Å². The fraction of sp³-hybridized carbons (Fsp3) is 0.500. The van der Waals surface area contributed by atoms with Gasteiger partial charge >= 0.3 is 0 Å². The van der Waals surface area contributed by atoms with Gasteiger partial charge in [0.25, 0.3) is 0 Å². The van der Waals surface area contributed by atoms with E-state index in [1.54, 1.807) is 0 Å². The first-order chi connectivity index (χ1) is 8.15. The summed E-state index contributed by atoms with van der Waals surface area (Å²) in [6.07, 6.45) is 10.6. The predicted molar refractivity (Wildman–Crippen MR) is 70.9 cm³/mol. The summed E-state index contributed by atoms with van der Waals surface area (Å²) in [5.41, 5.74) is 1.82. The van der Waals surface area contributed by atoms with Gasteiger partial charge in [0.1, 0.15) is 12.4 Å². The molecule has 0 aromatic rings. The molecule has 0 aliphatic heterocycles. The molecule has 2 rings (SSSR count). The molecular weight excluding hydrogens is 236 g/mol. The second kappa shape index (κ2) is 7.46. The lowest BCUT2D eigenvalue weighted by atomic mass is 10.0. The monoisotopic (exact) mass is 254 g/mol. The Morgan fingerprint density at radius 1 is 1.29 bits per heavy atom. The molecule has 0 aromatic carbocycles. The SMILES string of the molecule is C=C1CCC=C(Cl)C1O.O=CC1=CCCCC1. The minimum absolute atomic E-state index is 0.520. The van der Waals surface area contributed by atoms with Crippen LogP contribution in [0.25, 0.3) is 0 Å². The Balaban J connectivity index is 0.000000171. The standard InChI is InChI=1S/C7H9ClO.C7H10O/c1-5-3-2-4-6(8)7(5)9;8-6-7-4-2-1-3-5-7/h4,7,9H,1-3H2;4,6H,1-3,5H2. The van der Waals surface area contributed by atoms with Crippen LogP contribution in [0.2, 0.25) is 0 Å². The summed E-state index contributed by atoms with van der Waals surface area (Å²) in [6, 6.07) is 0. The summed E-state index contributed by atoms with van der Waals surface area (Å²) < 4.78 is 0. The van der Waals surface area contributed by atoms with E-state index in [-0.39, 0.29) is 0 Å². The quantitative estimate of drug-likeness (QED) is 0.574. The molecule has 0 saturated heterocycles. The van der Waals surface area contributed by atoms with Gasteiger partial charge in [-0.25, -0.2) is 0 Å². The predicted octanol–water partition coefficient (Wildman–Crippen LogP) is 3.51. The Kier molecular flexibility index (Phi) is 6.23. The van der Waals surface area contributed by atoms with E-state index in [1.807, 2.05) is 12.2 Å². The Morgan fingerprint density at radius 2 is 2.06 bits per heavy atom. The highest BCUT2D eigenvalue weighted by Gasteiger charge is 2.15.